The molecule has 1 amide bonds. The maximum Gasteiger partial charge on any atom is 0.223 e. The van der Waals surface area contributed by atoms with Gasteiger partial charge in [-0.05, 0) is 31.6 Å². The maximum absolute atomic E-state index is 12.0. The Morgan fingerprint density at radius 3 is 2.60 bits per heavy atom. The van der Waals surface area contributed by atoms with Gasteiger partial charge in [0.2, 0.25) is 5.91 Å². The zero-order chi connectivity index (χ0) is 10.7. The fourth-order valence-corrected chi connectivity index (χ4v) is 2.93. The third-order valence-electron chi connectivity index (χ3n) is 3.85. The van der Waals surface area contributed by atoms with Crippen molar-refractivity contribution in [3.63, 3.8) is 0 Å². The van der Waals surface area contributed by atoms with Crippen molar-refractivity contribution in [3.05, 3.63) is 0 Å². The molecule has 1 aliphatic carbocycles. The lowest BCUT2D eigenvalue weighted by atomic mass is 10.0. The van der Waals surface area contributed by atoms with Gasteiger partial charge in [0, 0.05) is 13.0 Å². The third-order valence-corrected chi connectivity index (χ3v) is 3.85. The van der Waals surface area contributed by atoms with Gasteiger partial charge in [0.05, 0.1) is 12.6 Å². The second-order valence-corrected chi connectivity index (χ2v) is 4.92. The van der Waals surface area contributed by atoms with Gasteiger partial charge < -0.3 is 10.0 Å². The van der Waals surface area contributed by atoms with Crippen molar-refractivity contribution in [2.45, 2.75) is 51.0 Å². The highest BCUT2D eigenvalue weighted by molar-refractivity contribution is 5.77. The molecule has 0 unspecified atom stereocenters. The highest BCUT2D eigenvalue weighted by Crippen LogP contribution is 2.29. The minimum Gasteiger partial charge on any atom is -0.394 e. The highest BCUT2D eigenvalue weighted by atomic mass is 16.3. The summed E-state index contributed by atoms with van der Waals surface area (Å²) in [6.07, 6.45) is 7.79. The zero-order valence-electron chi connectivity index (χ0n) is 9.32. The van der Waals surface area contributed by atoms with E-state index in [1.807, 2.05) is 4.90 Å². The van der Waals surface area contributed by atoms with E-state index in [0.717, 1.165) is 25.8 Å². The average molecular weight is 211 g/mol. The minimum absolute atomic E-state index is 0.110. The molecule has 0 radical (unpaired) electrons. The monoisotopic (exact) mass is 211 g/mol. The first-order valence-electron chi connectivity index (χ1n) is 6.21. The van der Waals surface area contributed by atoms with Gasteiger partial charge in [-0.3, -0.25) is 4.79 Å². The van der Waals surface area contributed by atoms with Gasteiger partial charge in [0.15, 0.2) is 0 Å². The molecule has 1 saturated carbocycles. The van der Waals surface area contributed by atoms with E-state index in [0.29, 0.717) is 5.92 Å². The lowest BCUT2D eigenvalue weighted by molar-refractivity contribution is -0.133. The van der Waals surface area contributed by atoms with Crippen molar-refractivity contribution in [1.82, 2.24) is 4.90 Å². The topological polar surface area (TPSA) is 40.5 Å². The number of aliphatic hydroxyl groups is 1. The quantitative estimate of drug-likeness (QED) is 0.769. The van der Waals surface area contributed by atoms with Crippen molar-refractivity contribution in [2.75, 3.05) is 13.2 Å². The SMILES string of the molecule is O=C(CC1CCCC1)N1CCC[C@@H]1CO. The standard InChI is InChI=1S/C12H21NO2/c14-9-11-6-3-7-13(11)12(15)8-10-4-1-2-5-10/h10-11,14H,1-9H2/t11-/m1/s1. The first kappa shape index (κ1) is 10.9. The van der Waals surface area contributed by atoms with E-state index < -0.39 is 0 Å². The van der Waals surface area contributed by atoms with Crippen molar-refractivity contribution in [3.8, 4) is 0 Å². The molecule has 0 aromatic rings. The predicted molar refractivity (Wildman–Crippen MR) is 58.4 cm³/mol. The fourth-order valence-electron chi connectivity index (χ4n) is 2.93. The van der Waals surface area contributed by atoms with Crippen LogP contribution in [0.3, 0.4) is 0 Å². The summed E-state index contributed by atoms with van der Waals surface area (Å²) in [6, 6.07) is 0.110. The number of hydrogen-bond acceptors (Lipinski definition) is 2. The second-order valence-electron chi connectivity index (χ2n) is 4.92. The lowest BCUT2D eigenvalue weighted by Gasteiger charge is -2.24. The lowest BCUT2D eigenvalue weighted by Crippen LogP contribution is -2.38. The van der Waals surface area contributed by atoms with Gasteiger partial charge in [0.25, 0.3) is 0 Å². The molecule has 2 fully saturated rings. The van der Waals surface area contributed by atoms with Gasteiger partial charge in [-0.15, -0.1) is 0 Å². The number of hydrogen-bond donors (Lipinski definition) is 1. The van der Waals surface area contributed by atoms with Crippen molar-refractivity contribution in [1.29, 1.82) is 0 Å². The molecule has 0 aromatic carbocycles. The van der Waals surface area contributed by atoms with Gasteiger partial charge >= 0.3 is 0 Å². The van der Waals surface area contributed by atoms with Gasteiger partial charge in [0.1, 0.15) is 0 Å². The molecule has 1 N–H and O–H groups in total. The van der Waals surface area contributed by atoms with E-state index in [2.05, 4.69) is 0 Å². The zero-order valence-corrected chi connectivity index (χ0v) is 9.32. The van der Waals surface area contributed by atoms with Crippen molar-refractivity contribution < 1.29 is 9.90 Å². The van der Waals surface area contributed by atoms with Crippen LogP contribution in [-0.4, -0.2) is 35.1 Å². The fraction of sp³-hybridized carbons (Fsp3) is 0.917. The molecule has 1 saturated heterocycles. The van der Waals surface area contributed by atoms with E-state index in [1.165, 1.54) is 25.7 Å². The summed E-state index contributed by atoms with van der Waals surface area (Å²) < 4.78 is 0. The van der Waals surface area contributed by atoms with Gasteiger partial charge in [-0.25, -0.2) is 0 Å². The molecule has 1 heterocycles. The van der Waals surface area contributed by atoms with Crippen molar-refractivity contribution >= 4 is 5.91 Å². The molecule has 1 atom stereocenters. The Balaban J connectivity index is 1.83. The molecule has 2 aliphatic rings. The van der Waals surface area contributed by atoms with Crippen LogP contribution in [0.2, 0.25) is 0 Å². The number of carbonyl (C=O) groups is 1. The molecule has 0 aromatic heterocycles. The Morgan fingerprint density at radius 1 is 1.20 bits per heavy atom. The first-order chi connectivity index (χ1) is 7.31. The normalized spacial score (nSPS) is 27.5. The molecule has 86 valence electrons. The summed E-state index contributed by atoms with van der Waals surface area (Å²) in [5, 5.41) is 9.15. The Morgan fingerprint density at radius 2 is 1.93 bits per heavy atom. The van der Waals surface area contributed by atoms with Crippen LogP contribution in [0.4, 0.5) is 0 Å². The summed E-state index contributed by atoms with van der Waals surface area (Å²) in [5.41, 5.74) is 0. The third kappa shape index (κ3) is 2.51. The number of nitrogens with zero attached hydrogens (tertiary/aromatic N) is 1. The number of amides is 1. The summed E-state index contributed by atoms with van der Waals surface area (Å²) in [5.74, 6) is 0.899. The molecular formula is C12H21NO2. The van der Waals surface area contributed by atoms with Gasteiger partial charge in [-0.1, -0.05) is 12.8 Å². The van der Waals surface area contributed by atoms with E-state index in [1.54, 1.807) is 0 Å². The van der Waals surface area contributed by atoms with E-state index in [-0.39, 0.29) is 18.6 Å². The predicted octanol–water partition coefficient (Wildman–Crippen LogP) is 1.55. The summed E-state index contributed by atoms with van der Waals surface area (Å²) in [7, 11) is 0. The molecule has 3 heteroatoms. The van der Waals surface area contributed by atoms with Crippen LogP contribution in [0.15, 0.2) is 0 Å². The first-order valence-corrected chi connectivity index (χ1v) is 6.21. The Hall–Kier alpha value is -0.570. The van der Waals surface area contributed by atoms with Crippen LogP contribution in [0, 0.1) is 5.92 Å². The highest BCUT2D eigenvalue weighted by Gasteiger charge is 2.29. The van der Waals surface area contributed by atoms with Crippen LogP contribution >= 0.6 is 0 Å². The van der Waals surface area contributed by atoms with Crippen LogP contribution < -0.4 is 0 Å². The van der Waals surface area contributed by atoms with Crippen LogP contribution in [0.5, 0.6) is 0 Å². The molecule has 0 spiro atoms. The minimum atomic E-state index is 0.110. The summed E-state index contributed by atoms with van der Waals surface area (Å²) >= 11 is 0. The number of rotatable bonds is 3. The van der Waals surface area contributed by atoms with Crippen LogP contribution in [-0.2, 0) is 4.79 Å². The summed E-state index contributed by atoms with van der Waals surface area (Å²) in [4.78, 5) is 13.9. The van der Waals surface area contributed by atoms with E-state index in [9.17, 15) is 4.79 Å². The average Bonchev–Trinajstić information content (AvgIpc) is 2.86. The van der Waals surface area contributed by atoms with E-state index in [4.69, 9.17) is 5.11 Å². The summed E-state index contributed by atoms with van der Waals surface area (Å²) in [6.45, 7) is 0.993. The second kappa shape index (κ2) is 4.97. The smallest absolute Gasteiger partial charge is 0.223 e. The number of carbonyl (C=O) groups excluding carboxylic acids is 1. The van der Waals surface area contributed by atoms with E-state index >= 15 is 0 Å². The Labute approximate surface area is 91.5 Å². The Kier molecular flexibility index (Phi) is 3.62. The largest absolute Gasteiger partial charge is 0.394 e. The molecule has 15 heavy (non-hydrogen) atoms. The molecule has 0 bridgehead atoms. The Bertz CT molecular complexity index is 224. The molecule has 1 aliphatic heterocycles. The molecular weight excluding hydrogens is 190 g/mol. The van der Waals surface area contributed by atoms with Crippen LogP contribution in [0.1, 0.15) is 44.9 Å². The van der Waals surface area contributed by atoms with Gasteiger partial charge in [-0.2, -0.15) is 0 Å². The van der Waals surface area contributed by atoms with Crippen molar-refractivity contribution in [2.24, 2.45) is 5.92 Å². The number of aliphatic hydroxyl groups excluding tert-OH is 1. The molecule has 3 nitrogen and oxygen atoms in total. The number of likely N-dealkylation sites (tertiary alicyclic amines) is 1. The molecule has 2 rings (SSSR count). The maximum atomic E-state index is 12.0. The van der Waals surface area contributed by atoms with Crippen LogP contribution in [0.25, 0.3) is 0 Å².